The van der Waals surface area contributed by atoms with Crippen LogP contribution in [0, 0.1) is 5.82 Å². The highest BCUT2D eigenvalue weighted by atomic mass is 79.9. The van der Waals surface area contributed by atoms with Crippen molar-refractivity contribution < 1.29 is 9.13 Å². The molecular weight excluding hydrogens is 319 g/mol. The third kappa shape index (κ3) is 2.59. The SMILES string of the molecule is CC1(C)Cc2cc(C(Br)c3ccc(F)cc3)ccc2O1. The summed E-state index contributed by atoms with van der Waals surface area (Å²) in [5, 5.41) is 0. The lowest BCUT2D eigenvalue weighted by Gasteiger charge is -2.16. The van der Waals surface area contributed by atoms with E-state index in [1.54, 1.807) is 0 Å². The normalized spacial score (nSPS) is 17.4. The molecule has 0 saturated carbocycles. The van der Waals surface area contributed by atoms with Crippen LogP contribution in [0.2, 0.25) is 0 Å². The lowest BCUT2D eigenvalue weighted by Crippen LogP contribution is -2.24. The third-order valence-electron chi connectivity index (χ3n) is 3.54. The van der Waals surface area contributed by atoms with Crippen molar-refractivity contribution in [2.45, 2.75) is 30.7 Å². The van der Waals surface area contributed by atoms with Crippen LogP contribution < -0.4 is 4.74 Å². The first-order valence-electron chi connectivity index (χ1n) is 6.66. The molecule has 2 aromatic rings. The summed E-state index contributed by atoms with van der Waals surface area (Å²) in [5.41, 5.74) is 3.32. The molecule has 0 amide bonds. The maximum absolute atomic E-state index is 13.0. The van der Waals surface area contributed by atoms with Gasteiger partial charge >= 0.3 is 0 Å². The Balaban J connectivity index is 1.90. The Labute approximate surface area is 126 Å². The Morgan fingerprint density at radius 2 is 1.75 bits per heavy atom. The fraction of sp³-hybridized carbons (Fsp3) is 0.294. The quantitative estimate of drug-likeness (QED) is 0.700. The molecule has 0 aromatic heterocycles. The van der Waals surface area contributed by atoms with Gasteiger partial charge in [0.1, 0.15) is 17.2 Å². The van der Waals surface area contributed by atoms with Crippen molar-refractivity contribution in [2.24, 2.45) is 0 Å². The number of rotatable bonds is 2. The molecule has 1 unspecified atom stereocenters. The summed E-state index contributed by atoms with van der Waals surface area (Å²) in [4.78, 5) is 0.0668. The van der Waals surface area contributed by atoms with Gasteiger partial charge in [0.05, 0.1) is 4.83 Å². The third-order valence-corrected chi connectivity index (χ3v) is 4.60. The van der Waals surface area contributed by atoms with Crippen molar-refractivity contribution in [2.75, 3.05) is 0 Å². The van der Waals surface area contributed by atoms with E-state index in [1.165, 1.54) is 17.7 Å². The van der Waals surface area contributed by atoms with Crippen LogP contribution in [-0.2, 0) is 6.42 Å². The molecule has 0 saturated heterocycles. The van der Waals surface area contributed by atoms with E-state index in [2.05, 4.69) is 41.9 Å². The van der Waals surface area contributed by atoms with E-state index < -0.39 is 0 Å². The number of ether oxygens (including phenoxy) is 1. The minimum atomic E-state index is -0.211. The molecule has 0 N–H and O–H groups in total. The van der Waals surface area contributed by atoms with Crippen LogP contribution in [0.4, 0.5) is 4.39 Å². The minimum absolute atomic E-state index is 0.0668. The van der Waals surface area contributed by atoms with E-state index in [-0.39, 0.29) is 16.2 Å². The van der Waals surface area contributed by atoms with Gasteiger partial charge in [0, 0.05) is 6.42 Å². The van der Waals surface area contributed by atoms with Gasteiger partial charge in [-0.1, -0.05) is 40.2 Å². The molecule has 3 heteroatoms. The van der Waals surface area contributed by atoms with Crippen LogP contribution in [0.5, 0.6) is 5.75 Å². The maximum Gasteiger partial charge on any atom is 0.123 e. The molecule has 104 valence electrons. The second-order valence-corrected chi connectivity index (χ2v) is 6.74. The Bertz CT molecular complexity index is 634. The van der Waals surface area contributed by atoms with E-state index >= 15 is 0 Å². The van der Waals surface area contributed by atoms with Crippen LogP contribution in [0.25, 0.3) is 0 Å². The molecule has 20 heavy (non-hydrogen) atoms. The molecule has 0 spiro atoms. The number of hydrogen-bond donors (Lipinski definition) is 0. The Kier molecular flexibility index (Phi) is 3.33. The predicted molar refractivity (Wildman–Crippen MR) is 82.0 cm³/mol. The molecule has 0 aliphatic carbocycles. The van der Waals surface area contributed by atoms with E-state index in [4.69, 9.17) is 4.74 Å². The topological polar surface area (TPSA) is 9.23 Å². The summed E-state index contributed by atoms with van der Waals surface area (Å²) in [6, 6.07) is 12.9. The first-order valence-corrected chi connectivity index (χ1v) is 7.57. The number of fused-ring (bicyclic) bond motifs is 1. The second-order valence-electron chi connectivity index (χ2n) is 5.82. The smallest absolute Gasteiger partial charge is 0.123 e. The highest BCUT2D eigenvalue weighted by Crippen LogP contribution is 2.39. The average Bonchev–Trinajstić information content (AvgIpc) is 2.71. The molecule has 0 fully saturated rings. The van der Waals surface area contributed by atoms with Crippen molar-refractivity contribution in [1.82, 2.24) is 0 Å². The van der Waals surface area contributed by atoms with Crippen LogP contribution in [0.3, 0.4) is 0 Å². The van der Waals surface area contributed by atoms with Crippen molar-refractivity contribution >= 4 is 15.9 Å². The molecule has 1 nitrogen and oxygen atoms in total. The molecule has 2 aromatic carbocycles. The summed E-state index contributed by atoms with van der Waals surface area (Å²) in [6.07, 6.45) is 0.916. The van der Waals surface area contributed by atoms with Crippen molar-refractivity contribution in [1.29, 1.82) is 0 Å². The predicted octanol–water partition coefficient (Wildman–Crippen LogP) is 5.02. The molecule has 1 aliphatic heterocycles. The molecule has 3 rings (SSSR count). The lowest BCUT2D eigenvalue weighted by molar-refractivity contribution is 0.138. The summed E-state index contributed by atoms with van der Waals surface area (Å²) >= 11 is 3.69. The number of hydrogen-bond acceptors (Lipinski definition) is 1. The lowest BCUT2D eigenvalue weighted by atomic mass is 9.98. The highest BCUT2D eigenvalue weighted by molar-refractivity contribution is 9.09. The summed E-state index contributed by atoms with van der Waals surface area (Å²) < 4.78 is 18.9. The van der Waals surface area contributed by atoms with Gasteiger partial charge < -0.3 is 4.74 Å². The van der Waals surface area contributed by atoms with Crippen LogP contribution in [0.15, 0.2) is 42.5 Å². The standard InChI is InChI=1S/C17H16BrFO/c1-17(2)10-13-9-12(5-8-15(13)20-17)16(18)11-3-6-14(19)7-4-11/h3-9,16H,10H2,1-2H3. The van der Waals surface area contributed by atoms with Gasteiger partial charge in [-0.2, -0.15) is 0 Å². The zero-order valence-corrected chi connectivity index (χ0v) is 13.1. The first kappa shape index (κ1) is 13.6. The Morgan fingerprint density at radius 1 is 1.10 bits per heavy atom. The number of halogens is 2. The first-order chi connectivity index (χ1) is 9.44. The van der Waals surface area contributed by atoms with E-state index in [9.17, 15) is 4.39 Å². The fourth-order valence-corrected chi connectivity index (χ4v) is 3.20. The largest absolute Gasteiger partial charge is 0.487 e. The van der Waals surface area contributed by atoms with Gasteiger partial charge in [0.25, 0.3) is 0 Å². The minimum Gasteiger partial charge on any atom is -0.487 e. The molecular formula is C17H16BrFO. The van der Waals surface area contributed by atoms with Crippen molar-refractivity contribution in [3.05, 3.63) is 65.0 Å². The molecule has 1 atom stereocenters. The Morgan fingerprint density at radius 3 is 2.45 bits per heavy atom. The maximum atomic E-state index is 13.0. The zero-order valence-electron chi connectivity index (χ0n) is 11.5. The molecule has 1 heterocycles. The van der Waals surface area contributed by atoms with Gasteiger partial charge in [0.2, 0.25) is 0 Å². The zero-order chi connectivity index (χ0) is 14.3. The average molecular weight is 335 g/mol. The van der Waals surface area contributed by atoms with E-state index in [0.29, 0.717) is 0 Å². The van der Waals surface area contributed by atoms with Crippen LogP contribution >= 0.6 is 15.9 Å². The summed E-state index contributed by atoms with van der Waals surface area (Å²) in [7, 11) is 0. The van der Waals surface area contributed by atoms with Crippen molar-refractivity contribution in [3.63, 3.8) is 0 Å². The molecule has 0 radical (unpaired) electrons. The monoisotopic (exact) mass is 334 g/mol. The van der Waals surface area contributed by atoms with E-state index in [0.717, 1.165) is 23.3 Å². The van der Waals surface area contributed by atoms with Crippen LogP contribution in [-0.4, -0.2) is 5.60 Å². The fourth-order valence-electron chi connectivity index (χ4n) is 2.61. The van der Waals surface area contributed by atoms with Gasteiger partial charge in [-0.25, -0.2) is 4.39 Å². The van der Waals surface area contributed by atoms with Gasteiger partial charge in [-0.15, -0.1) is 0 Å². The molecule has 0 bridgehead atoms. The van der Waals surface area contributed by atoms with Crippen molar-refractivity contribution in [3.8, 4) is 5.75 Å². The van der Waals surface area contributed by atoms with Gasteiger partial charge in [-0.3, -0.25) is 0 Å². The van der Waals surface area contributed by atoms with Gasteiger partial charge in [-0.05, 0) is 48.7 Å². The summed E-state index contributed by atoms with van der Waals surface area (Å²) in [5.74, 6) is 0.759. The number of alkyl halides is 1. The van der Waals surface area contributed by atoms with Crippen LogP contribution in [0.1, 0.15) is 35.4 Å². The summed E-state index contributed by atoms with van der Waals surface area (Å²) in [6.45, 7) is 4.19. The Hall–Kier alpha value is -1.35. The van der Waals surface area contributed by atoms with Gasteiger partial charge in [0.15, 0.2) is 0 Å². The van der Waals surface area contributed by atoms with E-state index in [1.807, 2.05) is 18.2 Å². The highest BCUT2D eigenvalue weighted by Gasteiger charge is 2.30. The second kappa shape index (κ2) is 4.88. The number of benzene rings is 2. The molecule has 1 aliphatic rings.